The van der Waals surface area contributed by atoms with Crippen LogP contribution in [0, 0.1) is 0 Å². The van der Waals surface area contributed by atoms with Crippen molar-refractivity contribution in [2.45, 2.75) is 24.1 Å². The molecule has 0 aliphatic heterocycles. The van der Waals surface area contributed by atoms with Gasteiger partial charge in [-0.25, -0.2) is 14.8 Å². The van der Waals surface area contributed by atoms with E-state index in [-0.39, 0.29) is 5.56 Å². The number of hydrogen-bond donors (Lipinski definition) is 0. The molecule has 0 atom stereocenters. The Morgan fingerprint density at radius 3 is 2.52 bits per heavy atom. The van der Waals surface area contributed by atoms with Crippen molar-refractivity contribution in [3.63, 3.8) is 0 Å². The first-order valence-electron chi connectivity index (χ1n) is 7.76. The fraction of sp³-hybridized carbons (Fsp3) is 0.294. The Morgan fingerprint density at radius 2 is 1.84 bits per heavy atom. The van der Waals surface area contributed by atoms with Crippen LogP contribution < -0.4 is 11.2 Å². The van der Waals surface area contributed by atoms with E-state index in [9.17, 15) is 9.59 Å². The van der Waals surface area contributed by atoms with Gasteiger partial charge in [0, 0.05) is 31.3 Å². The van der Waals surface area contributed by atoms with Crippen molar-refractivity contribution in [2.75, 3.05) is 0 Å². The summed E-state index contributed by atoms with van der Waals surface area (Å²) in [5, 5.41) is 1.60. The maximum absolute atomic E-state index is 12.6. The number of rotatable bonds is 4. The van der Waals surface area contributed by atoms with Crippen molar-refractivity contribution in [1.29, 1.82) is 0 Å². The molecule has 8 heteroatoms. The van der Waals surface area contributed by atoms with Gasteiger partial charge in [-0.15, -0.1) is 11.8 Å². The molecule has 6 nitrogen and oxygen atoms in total. The highest BCUT2D eigenvalue weighted by Crippen LogP contribution is 2.28. The minimum atomic E-state index is -0.402. The zero-order valence-electron chi connectivity index (χ0n) is 14.1. The third-order valence-corrected chi connectivity index (χ3v) is 5.34. The summed E-state index contributed by atoms with van der Waals surface area (Å²) in [7, 11) is 3.07. The number of nitrogens with zero attached hydrogens (tertiary/aromatic N) is 4. The van der Waals surface area contributed by atoms with Crippen molar-refractivity contribution in [3.8, 4) is 0 Å². The molecule has 0 saturated heterocycles. The van der Waals surface area contributed by atoms with Crippen LogP contribution in [0.25, 0.3) is 11.0 Å². The highest BCUT2D eigenvalue weighted by molar-refractivity contribution is 7.98. The predicted molar refractivity (Wildman–Crippen MR) is 100 cm³/mol. The van der Waals surface area contributed by atoms with Crippen molar-refractivity contribution in [1.82, 2.24) is 19.1 Å². The number of hydrogen-bond acceptors (Lipinski definition) is 5. The van der Waals surface area contributed by atoms with Gasteiger partial charge in [0.05, 0.1) is 0 Å². The van der Waals surface area contributed by atoms with E-state index in [1.807, 2.05) is 31.2 Å². The van der Waals surface area contributed by atoms with Crippen molar-refractivity contribution in [3.05, 3.63) is 61.5 Å². The summed E-state index contributed by atoms with van der Waals surface area (Å²) in [6.07, 6.45) is 0.610. The van der Waals surface area contributed by atoms with E-state index in [0.717, 1.165) is 10.1 Å². The van der Waals surface area contributed by atoms with Crippen LogP contribution in [-0.4, -0.2) is 19.1 Å². The minimum Gasteiger partial charge on any atom is -0.280 e. The minimum absolute atomic E-state index is 0.360. The molecule has 0 fully saturated rings. The first-order valence-corrected chi connectivity index (χ1v) is 9.13. The molecule has 1 aromatic carbocycles. The number of halogens is 1. The van der Waals surface area contributed by atoms with Crippen LogP contribution in [0.4, 0.5) is 0 Å². The standard InChI is InChI=1S/C17H17ClN4O2S/c1-4-12-19-14-13(16(23)22(3)17(24)21(14)2)15(20-12)25-9-10-7-5-6-8-11(10)18/h5-8H,4,9H2,1-3H3. The van der Waals surface area contributed by atoms with E-state index in [1.165, 1.54) is 23.4 Å². The quantitative estimate of drug-likeness (QED) is 0.517. The number of aromatic nitrogens is 4. The zero-order chi connectivity index (χ0) is 18.1. The maximum atomic E-state index is 12.6. The lowest BCUT2D eigenvalue weighted by Crippen LogP contribution is -2.37. The Morgan fingerprint density at radius 1 is 1.12 bits per heavy atom. The topological polar surface area (TPSA) is 69.8 Å². The molecule has 0 N–H and O–H groups in total. The Kier molecular flexibility index (Phi) is 4.96. The summed E-state index contributed by atoms with van der Waals surface area (Å²) in [5.41, 5.74) is 0.532. The molecule has 0 unspecified atom stereocenters. The summed E-state index contributed by atoms with van der Waals surface area (Å²) in [6, 6.07) is 7.56. The van der Waals surface area contributed by atoms with Gasteiger partial charge in [0.1, 0.15) is 16.2 Å². The number of benzene rings is 1. The maximum Gasteiger partial charge on any atom is 0.332 e. The second kappa shape index (κ2) is 7.01. The van der Waals surface area contributed by atoms with Crippen LogP contribution in [0.2, 0.25) is 5.02 Å². The van der Waals surface area contributed by atoms with Crippen LogP contribution in [0.1, 0.15) is 18.3 Å². The number of thioether (sulfide) groups is 1. The van der Waals surface area contributed by atoms with E-state index in [2.05, 4.69) is 9.97 Å². The van der Waals surface area contributed by atoms with E-state index >= 15 is 0 Å². The van der Waals surface area contributed by atoms with Gasteiger partial charge in [0.25, 0.3) is 5.56 Å². The molecular formula is C17H17ClN4O2S. The lowest BCUT2D eigenvalue weighted by Gasteiger charge is -2.11. The van der Waals surface area contributed by atoms with Gasteiger partial charge in [-0.2, -0.15) is 0 Å². The Hall–Kier alpha value is -2.12. The summed E-state index contributed by atoms with van der Waals surface area (Å²) in [4.78, 5) is 33.7. The smallest absolute Gasteiger partial charge is 0.280 e. The van der Waals surface area contributed by atoms with Crippen LogP contribution in [0.15, 0.2) is 38.9 Å². The van der Waals surface area contributed by atoms with Crippen LogP contribution in [0.3, 0.4) is 0 Å². The average molecular weight is 377 g/mol. The SMILES string of the molecule is CCc1nc(SCc2ccccc2Cl)c2c(=O)n(C)c(=O)n(C)c2n1. The van der Waals surface area contributed by atoms with Gasteiger partial charge >= 0.3 is 5.69 Å². The zero-order valence-corrected chi connectivity index (χ0v) is 15.7. The van der Waals surface area contributed by atoms with E-state index in [4.69, 9.17) is 11.6 Å². The van der Waals surface area contributed by atoms with Gasteiger partial charge in [-0.05, 0) is 11.6 Å². The summed E-state index contributed by atoms with van der Waals surface area (Å²) in [5.74, 6) is 1.17. The van der Waals surface area contributed by atoms with Gasteiger partial charge < -0.3 is 0 Å². The molecule has 3 aromatic rings. The fourth-order valence-corrected chi connectivity index (χ4v) is 3.81. The third-order valence-electron chi connectivity index (χ3n) is 3.95. The Balaban J connectivity index is 2.18. The normalized spacial score (nSPS) is 11.2. The lowest BCUT2D eigenvalue weighted by molar-refractivity contribution is 0.698. The number of aryl methyl sites for hydroxylation is 2. The third kappa shape index (κ3) is 3.21. The summed E-state index contributed by atoms with van der Waals surface area (Å²) < 4.78 is 2.47. The highest BCUT2D eigenvalue weighted by atomic mass is 35.5. The molecule has 0 aliphatic rings. The van der Waals surface area contributed by atoms with Crippen LogP contribution in [-0.2, 0) is 26.3 Å². The summed E-state index contributed by atoms with van der Waals surface area (Å²) >= 11 is 7.63. The molecule has 130 valence electrons. The highest BCUT2D eigenvalue weighted by Gasteiger charge is 2.17. The monoisotopic (exact) mass is 376 g/mol. The molecular weight excluding hydrogens is 360 g/mol. The largest absolute Gasteiger partial charge is 0.332 e. The van der Waals surface area contributed by atoms with Gasteiger partial charge in [0.15, 0.2) is 5.65 Å². The molecule has 25 heavy (non-hydrogen) atoms. The van der Waals surface area contributed by atoms with Crippen molar-refractivity contribution < 1.29 is 0 Å². The molecule has 2 heterocycles. The molecule has 0 aliphatic carbocycles. The Bertz CT molecular complexity index is 1070. The van der Waals surface area contributed by atoms with Crippen LogP contribution in [0.5, 0.6) is 0 Å². The van der Waals surface area contributed by atoms with Crippen molar-refractivity contribution in [2.24, 2.45) is 14.1 Å². The Labute approximate surface area is 153 Å². The molecule has 0 radical (unpaired) electrons. The first kappa shape index (κ1) is 17.7. The molecule has 3 rings (SSSR count). The van der Waals surface area contributed by atoms with Gasteiger partial charge in [0.2, 0.25) is 0 Å². The van der Waals surface area contributed by atoms with E-state index in [1.54, 1.807) is 7.05 Å². The van der Waals surface area contributed by atoms with Crippen LogP contribution >= 0.6 is 23.4 Å². The molecule has 0 saturated carbocycles. The second-order valence-corrected chi connectivity index (χ2v) is 6.95. The van der Waals surface area contributed by atoms with Gasteiger partial charge in [-0.3, -0.25) is 13.9 Å². The fourth-order valence-electron chi connectivity index (χ4n) is 2.50. The summed E-state index contributed by atoms with van der Waals surface area (Å²) in [6.45, 7) is 1.93. The molecule has 2 aromatic heterocycles. The number of fused-ring (bicyclic) bond motifs is 1. The van der Waals surface area contributed by atoms with Crippen molar-refractivity contribution >= 4 is 34.4 Å². The lowest BCUT2D eigenvalue weighted by atomic mass is 10.2. The molecule has 0 amide bonds. The van der Waals surface area contributed by atoms with E-state index in [0.29, 0.717) is 39.1 Å². The first-order chi connectivity index (χ1) is 11.9. The molecule has 0 bridgehead atoms. The molecule has 0 spiro atoms. The predicted octanol–water partition coefficient (Wildman–Crippen LogP) is 2.54. The average Bonchev–Trinajstić information content (AvgIpc) is 2.63. The van der Waals surface area contributed by atoms with E-state index < -0.39 is 5.69 Å². The van der Waals surface area contributed by atoms with Gasteiger partial charge in [-0.1, -0.05) is 36.7 Å². The second-order valence-electron chi connectivity index (χ2n) is 5.58.